The van der Waals surface area contributed by atoms with Crippen molar-refractivity contribution in [3.05, 3.63) is 163 Å². The molecule has 48 heavy (non-hydrogen) atoms. The van der Waals surface area contributed by atoms with Crippen molar-refractivity contribution < 1.29 is 0 Å². The third kappa shape index (κ3) is 11.5. The van der Waals surface area contributed by atoms with E-state index in [1.165, 1.54) is 66.8 Å². The minimum atomic E-state index is 0.955. The van der Waals surface area contributed by atoms with E-state index in [1.54, 1.807) is 0 Å². The Labute approximate surface area is 294 Å². The van der Waals surface area contributed by atoms with Crippen LogP contribution in [0.1, 0.15) is 98.8 Å². The maximum Gasteiger partial charge on any atom is -0.0171 e. The number of allylic oxidation sites excluding steroid dienone is 10. The lowest BCUT2D eigenvalue weighted by Crippen LogP contribution is -1.90. The highest BCUT2D eigenvalue weighted by Crippen LogP contribution is 2.36. The Morgan fingerprint density at radius 2 is 1.00 bits per heavy atom. The molecule has 0 heteroatoms. The molecule has 0 aromatic heterocycles. The molecule has 4 aromatic rings. The Balaban J connectivity index is 0.00000182. The van der Waals surface area contributed by atoms with E-state index in [0.29, 0.717) is 0 Å². The van der Waals surface area contributed by atoms with Gasteiger partial charge in [0.1, 0.15) is 0 Å². The van der Waals surface area contributed by atoms with Crippen molar-refractivity contribution in [3.8, 4) is 33.4 Å². The van der Waals surface area contributed by atoms with E-state index in [1.807, 2.05) is 53.7 Å². The largest absolute Gasteiger partial charge is 0.0991 e. The monoisotopic (exact) mass is 636 g/mol. The summed E-state index contributed by atoms with van der Waals surface area (Å²) < 4.78 is 0. The summed E-state index contributed by atoms with van der Waals surface area (Å²) in [6, 6.07) is 33.5. The highest BCUT2D eigenvalue weighted by atomic mass is 14.2. The number of hydrogen-bond acceptors (Lipinski definition) is 0. The minimum Gasteiger partial charge on any atom is -0.0991 e. The highest BCUT2D eigenvalue weighted by Gasteiger charge is 2.11. The zero-order valence-corrected chi connectivity index (χ0v) is 31.5. The van der Waals surface area contributed by atoms with Gasteiger partial charge in [-0.05, 0) is 130 Å². The lowest BCUT2D eigenvalue weighted by atomic mass is 9.90. The van der Waals surface area contributed by atoms with E-state index in [-0.39, 0.29) is 0 Å². The molecule has 252 valence electrons. The molecule has 0 fully saturated rings. The topological polar surface area (TPSA) is 0 Å². The number of rotatable bonds is 11. The molecule has 0 spiro atoms. The van der Waals surface area contributed by atoms with Crippen LogP contribution in [0.15, 0.2) is 147 Å². The maximum absolute atomic E-state index is 4.06. The fourth-order valence-electron chi connectivity index (χ4n) is 5.42. The molecular formula is C48H60. The summed E-state index contributed by atoms with van der Waals surface area (Å²) in [7, 11) is 0. The Hall–Kier alpha value is -4.68. The van der Waals surface area contributed by atoms with Crippen molar-refractivity contribution in [2.45, 2.75) is 82.1 Å². The quantitative estimate of drug-likeness (QED) is 0.144. The van der Waals surface area contributed by atoms with Crippen LogP contribution in [0.2, 0.25) is 0 Å². The first-order valence-corrected chi connectivity index (χ1v) is 18.0. The van der Waals surface area contributed by atoms with Gasteiger partial charge >= 0.3 is 0 Å². The molecule has 0 atom stereocenters. The number of benzene rings is 4. The average Bonchev–Trinajstić information content (AvgIpc) is 3.17. The van der Waals surface area contributed by atoms with Gasteiger partial charge < -0.3 is 0 Å². The predicted octanol–water partition coefficient (Wildman–Crippen LogP) is 15.7. The molecule has 0 aliphatic heterocycles. The number of hydrogen-bond donors (Lipinski definition) is 0. The van der Waals surface area contributed by atoms with E-state index < -0.39 is 0 Å². The summed E-state index contributed by atoms with van der Waals surface area (Å²) in [5, 5.41) is 0. The third-order valence-electron chi connectivity index (χ3n) is 7.56. The zero-order chi connectivity index (χ0) is 35.9. The van der Waals surface area contributed by atoms with Gasteiger partial charge in [-0.2, -0.15) is 0 Å². The Kier molecular flexibility index (Phi) is 20.3. The van der Waals surface area contributed by atoms with Crippen LogP contribution in [-0.2, 0) is 0 Å². The van der Waals surface area contributed by atoms with Crippen LogP contribution in [0.25, 0.3) is 50.1 Å². The second-order valence-electron chi connectivity index (χ2n) is 10.3. The summed E-state index contributed by atoms with van der Waals surface area (Å²) in [5.74, 6) is 0. The fraction of sp³-hybridized carbons (Fsp3) is 0.250. The molecule has 4 rings (SSSR count). The molecule has 4 aromatic carbocycles. The molecular weight excluding hydrogens is 577 g/mol. The van der Waals surface area contributed by atoms with Gasteiger partial charge in [-0.25, -0.2) is 0 Å². The van der Waals surface area contributed by atoms with Gasteiger partial charge in [-0.15, -0.1) is 0 Å². The summed E-state index contributed by atoms with van der Waals surface area (Å²) in [5.41, 5.74) is 14.5. The van der Waals surface area contributed by atoms with Crippen molar-refractivity contribution in [1.82, 2.24) is 0 Å². The molecule has 0 heterocycles. The average molecular weight is 637 g/mol. The lowest BCUT2D eigenvalue weighted by molar-refractivity contribution is 1.23. The molecule has 0 saturated carbocycles. The van der Waals surface area contributed by atoms with Crippen LogP contribution < -0.4 is 0 Å². The third-order valence-corrected chi connectivity index (χ3v) is 7.56. The Morgan fingerprint density at radius 1 is 0.562 bits per heavy atom. The van der Waals surface area contributed by atoms with Gasteiger partial charge in [-0.1, -0.05) is 166 Å². The van der Waals surface area contributed by atoms with E-state index in [9.17, 15) is 0 Å². The standard InChI is InChI=1S/C42H42.3C2H6/c1-7-16-31(10-4)34-19-13-22-37(25-34)40-28-41(38-23-14-20-35(26-38)32(11-5)17-8-2)30-42(29-40)39-24-15-21-36(27-39)33(12-6)18-9-3;3*1-2/h7,9,11-30H,1,5,8,10H2,2-4,6H3;3*1-2H3/b18-9-,31-16+,32-17+,33-12+;;;. The van der Waals surface area contributed by atoms with E-state index >= 15 is 0 Å². The van der Waals surface area contributed by atoms with Gasteiger partial charge in [0.15, 0.2) is 0 Å². The Morgan fingerprint density at radius 3 is 1.38 bits per heavy atom. The molecule has 0 amide bonds. The molecule has 0 aliphatic rings. The lowest BCUT2D eigenvalue weighted by Gasteiger charge is -2.14. The van der Waals surface area contributed by atoms with Gasteiger partial charge in [0.25, 0.3) is 0 Å². The smallest absolute Gasteiger partial charge is 0.0171 e. The van der Waals surface area contributed by atoms with Gasteiger partial charge in [-0.3, -0.25) is 0 Å². The van der Waals surface area contributed by atoms with Gasteiger partial charge in [0.2, 0.25) is 0 Å². The van der Waals surface area contributed by atoms with Crippen LogP contribution in [-0.4, -0.2) is 0 Å². The van der Waals surface area contributed by atoms with E-state index in [4.69, 9.17) is 0 Å². The molecule has 0 N–H and O–H groups in total. The normalized spacial score (nSPS) is 11.3. The van der Waals surface area contributed by atoms with Crippen molar-refractivity contribution in [1.29, 1.82) is 0 Å². The Bertz CT molecular complexity index is 1620. The van der Waals surface area contributed by atoms with Crippen LogP contribution in [0.5, 0.6) is 0 Å². The van der Waals surface area contributed by atoms with Crippen LogP contribution in [0.4, 0.5) is 0 Å². The first-order valence-electron chi connectivity index (χ1n) is 18.0. The van der Waals surface area contributed by atoms with Crippen molar-refractivity contribution in [2.75, 3.05) is 0 Å². The minimum absolute atomic E-state index is 0.955. The van der Waals surface area contributed by atoms with Crippen molar-refractivity contribution >= 4 is 16.7 Å². The van der Waals surface area contributed by atoms with Crippen LogP contribution in [0.3, 0.4) is 0 Å². The van der Waals surface area contributed by atoms with Crippen molar-refractivity contribution in [2.24, 2.45) is 0 Å². The van der Waals surface area contributed by atoms with Crippen molar-refractivity contribution in [3.63, 3.8) is 0 Å². The van der Waals surface area contributed by atoms with Crippen LogP contribution >= 0.6 is 0 Å². The second-order valence-corrected chi connectivity index (χ2v) is 10.3. The SMILES string of the molecule is C=C/C=C(\CC)c1cccc(-c2cc(-c3cccc(/C(C=C)=C/CC)c3)cc(-c3cccc(C(/C=C\C)=C/C)c3)c2)c1.CC.CC.CC. The summed E-state index contributed by atoms with van der Waals surface area (Å²) >= 11 is 0. The maximum atomic E-state index is 4.06. The van der Waals surface area contributed by atoms with E-state index in [0.717, 1.165) is 12.8 Å². The molecule has 0 unspecified atom stereocenters. The summed E-state index contributed by atoms with van der Waals surface area (Å²) in [6.07, 6.45) is 16.5. The zero-order valence-electron chi connectivity index (χ0n) is 31.5. The molecule has 0 saturated heterocycles. The van der Waals surface area contributed by atoms with Gasteiger partial charge in [0.05, 0.1) is 0 Å². The molecule has 0 radical (unpaired) electrons. The fourth-order valence-corrected chi connectivity index (χ4v) is 5.42. The molecule has 0 bridgehead atoms. The predicted molar refractivity (Wildman–Crippen MR) is 222 cm³/mol. The molecule has 0 aliphatic carbocycles. The highest BCUT2D eigenvalue weighted by molar-refractivity contribution is 5.85. The summed E-state index contributed by atoms with van der Waals surface area (Å²) in [4.78, 5) is 0. The van der Waals surface area contributed by atoms with Crippen LogP contribution in [0, 0.1) is 0 Å². The second kappa shape index (κ2) is 23.6. The first-order chi connectivity index (χ1) is 23.5. The van der Waals surface area contributed by atoms with Gasteiger partial charge in [0, 0.05) is 0 Å². The molecule has 0 nitrogen and oxygen atoms in total. The van der Waals surface area contributed by atoms with E-state index in [2.05, 4.69) is 162 Å². The summed E-state index contributed by atoms with van der Waals surface area (Å²) in [6.45, 7) is 28.5. The first kappa shape index (κ1) is 41.3.